The van der Waals surface area contributed by atoms with Gasteiger partial charge in [0.05, 0.1) is 12.7 Å². The van der Waals surface area contributed by atoms with Crippen LogP contribution in [0.1, 0.15) is 24.5 Å². The minimum absolute atomic E-state index is 0.0593. The average Bonchev–Trinajstić information content (AvgIpc) is 3.34. The second-order valence-electron chi connectivity index (χ2n) is 7.36. The van der Waals surface area contributed by atoms with Gasteiger partial charge in [-0.25, -0.2) is 10.3 Å². The van der Waals surface area contributed by atoms with Crippen LogP contribution in [0.4, 0.5) is 10.5 Å². The maximum absolute atomic E-state index is 12.9. The number of fused-ring (bicyclic) bond motifs is 1. The normalized spacial score (nSPS) is 13.8. The van der Waals surface area contributed by atoms with Gasteiger partial charge in [-0.1, -0.05) is 24.3 Å². The zero-order valence-electron chi connectivity index (χ0n) is 19.1. The van der Waals surface area contributed by atoms with Crippen molar-refractivity contribution in [2.24, 2.45) is 0 Å². The molecule has 11 heteroatoms. The van der Waals surface area contributed by atoms with Gasteiger partial charge in [-0.2, -0.15) is 0 Å². The molecule has 11 nitrogen and oxygen atoms in total. The Kier molecular flexibility index (Phi) is 9.72. The van der Waals surface area contributed by atoms with Gasteiger partial charge in [0.15, 0.2) is 17.6 Å². The Bertz CT molecular complexity index is 1030. The van der Waals surface area contributed by atoms with E-state index in [2.05, 4.69) is 5.32 Å². The van der Waals surface area contributed by atoms with E-state index in [1.165, 1.54) is 18.7 Å². The average molecular weight is 488 g/mol. The number of aliphatic hydroxyl groups excluding tert-OH is 1. The van der Waals surface area contributed by atoms with Gasteiger partial charge in [-0.15, -0.1) is 0 Å². The largest absolute Gasteiger partial charge is 0.491 e. The number of hydrogen-bond acceptors (Lipinski definition) is 9. The topological polar surface area (TPSA) is 145 Å². The zero-order valence-corrected chi connectivity index (χ0v) is 19.1. The van der Waals surface area contributed by atoms with Crippen LogP contribution in [0.2, 0.25) is 0 Å². The number of aliphatic hydroxyl groups is 1. The molecule has 2 aromatic rings. The van der Waals surface area contributed by atoms with Crippen LogP contribution in [0.15, 0.2) is 54.6 Å². The molecule has 0 saturated carbocycles. The summed E-state index contributed by atoms with van der Waals surface area (Å²) in [5, 5.41) is 20.5. The minimum Gasteiger partial charge on any atom is -0.491 e. The number of methoxy groups -OCH3 is 1. The van der Waals surface area contributed by atoms with Gasteiger partial charge in [0, 0.05) is 30.5 Å². The van der Waals surface area contributed by atoms with Crippen LogP contribution in [-0.4, -0.2) is 55.5 Å². The van der Waals surface area contributed by atoms with Crippen molar-refractivity contribution in [1.82, 2.24) is 5.48 Å². The smallest absolute Gasteiger partial charge is 0.412 e. The fourth-order valence-electron chi connectivity index (χ4n) is 3.46. The van der Waals surface area contributed by atoms with Crippen molar-refractivity contribution in [2.75, 3.05) is 32.4 Å². The summed E-state index contributed by atoms with van der Waals surface area (Å²) >= 11 is 0. The van der Waals surface area contributed by atoms with Crippen molar-refractivity contribution >= 4 is 17.7 Å². The maximum Gasteiger partial charge on any atom is 0.412 e. The molecule has 1 aliphatic heterocycles. The summed E-state index contributed by atoms with van der Waals surface area (Å²) in [5.74, 6) is 0.868. The lowest BCUT2D eigenvalue weighted by atomic mass is 9.99. The molecule has 4 N–H and O–H groups in total. The number of allylic oxidation sites excluding steroid dienone is 1. The van der Waals surface area contributed by atoms with Crippen LogP contribution in [0, 0.1) is 0 Å². The van der Waals surface area contributed by atoms with Crippen LogP contribution in [0.3, 0.4) is 0 Å². The molecule has 0 radical (unpaired) electrons. The molecule has 3 rings (SSSR count). The van der Waals surface area contributed by atoms with E-state index in [-0.39, 0.29) is 20.0 Å². The molecule has 0 bridgehead atoms. The fourth-order valence-corrected chi connectivity index (χ4v) is 3.46. The molecular formula is C24H28N2O9. The number of benzene rings is 2. The van der Waals surface area contributed by atoms with Crippen molar-refractivity contribution in [3.05, 3.63) is 60.2 Å². The molecule has 0 spiro atoms. The molecule has 2 aromatic carbocycles. The lowest BCUT2D eigenvalue weighted by molar-refractivity contribution is -0.124. The third kappa shape index (κ3) is 7.34. The summed E-state index contributed by atoms with van der Waals surface area (Å²) in [6, 6.07) is 11.9. The van der Waals surface area contributed by atoms with Gasteiger partial charge in [0.2, 0.25) is 6.79 Å². The molecule has 1 heterocycles. The van der Waals surface area contributed by atoms with Crippen molar-refractivity contribution in [1.29, 1.82) is 0 Å². The van der Waals surface area contributed by atoms with Gasteiger partial charge in [-0.3, -0.25) is 15.3 Å². The number of ether oxygens (including phenoxy) is 5. The van der Waals surface area contributed by atoms with Crippen LogP contribution in [-0.2, 0) is 14.3 Å². The highest BCUT2D eigenvalue weighted by atomic mass is 16.7. The number of carbonyl (C=O) groups excluding carboxylic acids is 2. The maximum atomic E-state index is 12.9. The van der Waals surface area contributed by atoms with E-state index in [0.717, 1.165) is 0 Å². The van der Waals surface area contributed by atoms with Gasteiger partial charge >= 0.3 is 6.09 Å². The van der Waals surface area contributed by atoms with Crippen molar-refractivity contribution < 1.29 is 43.6 Å². The molecule has 0 aromatic heterocycles. The quantitative estimate of drug-likeness (QED) is 0.201. The monoisotopic (exact) mass is 488 g/mol. The number of hydrogen-bond donors (Lipinski definition) is 4. The first kappa shape index (κ1) is 25.8. The van der Waals surface area contributed by atoms with Gasteiger partial charge in [-0.05, 0) is 31.0 Å². The van der Waals surface area contributed by atoms with E-state index < -0.39 is 24.2 Å². The Labute approximate surface area is 202 Å². The lowest BCUT2D eigenvalue weighted by Gasteiger charge is -2.27. The summed E-state index contributed by atoms with van der Waals surface area (Å²) in [6.45, 7) is -0.0144. The Hall–Kier alpha value is -3.80. The summed E-state index contributed by atoms with van der Waals surface area (Å²) in [4.78, 5) is 24.1. The minimum atomic E-state index is -0.885. The number of amides is 2. The summed E-state index contributed by atoms with van der Waals surface area (Å²) < 4.78 is 27.7. The van der Waals surface area contributed by atoms with Crippen molar-refractivity contribution in [2.45, 2.75) is 25.0 Å². The second-order valence-corrected chi connectivity index (χ2v) is 7.36. The Morgan fingerprint density at radius 2 is 1.97 bits per heavy atom. The van der Waals surface area contributed by atoms with Crippen molar-refractivity contribution in [3.63, 3.8) is 0 Å². The van der Waals surface area contributed by atoms with Gasteiger partial charge in [0.25, 0.3) is 5.91 Å². The van der Waals surface area contributed by atoms with Crippen LogP contribution >= 0.6 is 0 Å². The van der Waals surface area contributed by atoms with Crippen molar-refractivity contribution in [3.8, 4) is 17.2 Å². The van der Waals surface area contributed by atoms with Gasteiger partial charge in [0.1, 0.15) is 12.4 Å². The third-order valence-corrected chi connectivity index (χ3v) is 5.07. The van der Waals surface area contributed by atoms with E-state index in [1.54, 1.807) is 48.5 Å². The lowest BCUT2D eigenvalue weighted by Crippen LogP contribution is -2.28. The number of nitrogens with one attached hydrogen (secondary N) is 2. The van der Waals surface area contributed by atoms with E-state index >= 15 is 0 Å². The fraction of sp³-hybridized carbons (Fsp3) is 0.333. The first-order chi connectivity index (χ1) is 17.0. The Morgan fingerprint density at radius 1 is 1.17 bits per heavy atom. The number of rotatable bonds is 12. The predicted molar refractivity (Wildman–Crippen MR) is 124 cm³/mol. The summed E-state index contributed by atoms with van der Waals surface area (Å²) in [7, 11) is 1.48. The molecule has 0 saturated heterocycles. The van der Waals surface area contributed by atoms with E-state index in [0.29, 0.717) is 41.3 Å². The number of carbonyl (C=O) groups is 2. The Balaban J connectivity index is 1.79. The van der Waals surface area contributed by atoms with Gasteiger partial charge < -0.3 is 28.8 Å². The van der Waals surface area contributed by atoms with E-state index in [4.69, 9.17) is 28.9 Å². The molecule has 0 unspecified atom stereocenters. The highest BCUT2D eigenvalue weighted by Gasteiger charge is 2.30. The second kappa shape index (κ2) is 13.2. The SMILES string of the molecule is CO[C@@H](CC/C=C/C(=O)NO)[C@@H](OC(=O)Nc1ccc2c(c1)OCO2)c1ccccc1OCCO. The zero-order chi connectivity index (χ0) is 25.0. The molecule has 188 valence electrons. The molecule has 35 heavy (non-hydrogen) atoms. The summed E-state index contributed by atoms with van der Waals surface area (Å²) in [6.07, 6.45) is 1.30. The highest BCUT2D eigenvalue weighted by molar-refractivity contribution is 5.86. The first-order valence-corrected chi connectivity index (χ1v) is 10.9. The number of hydroxylamine groups is 1. The van der Waals surface area contributed by atoms with Crippen LogP contribution < -0.4 is 25.0 Å². The molecule has 1 aliphatic rings. The number of para-hydroxylation sites is 1. The number of anilines is 1. The Morgan fingerprint density at radius 3 is 2.74 bits per heavy atom. The highest BCUT2D eigenvalue weighted by Crippen LogP contribution is 2.36. The first-order valence-electron chi connectivity index (χ1n) is 10.9. The predicted octanol–water partition coefficient (Wildman–Crippen LogP) is 2.93. The van der Waals surface area contributed by atoms with E-state index in [1.807, 2.05) is 0 Å². The van der Waals surface area contributed by atoms with Crippen LogP contribution in [0.25, 0.3) is 0 Å². The molecule has 0 fully saturated rings. The third-order valence-electron chi connectivity index (χ3n) is 5.07. The standard InChI is InChI=1S/C24H28N2O9/c1-31-20(8-4-5-9-22(28)26-30)23(17-6-2-3-7-18(17)32-13-12-27)35-24(29)25-16-10-11-19-21(14-16)34-15-33-19/h2-3,5-7,9-11,14,20,23,27,30H,4,8,12-13,15H2,1H3,(H,25,29)(H,26,28)/b9-5+/t20-,23-/m0/s1. The molecular weight excluding hydrogens is 460 g/mol. The molecule has 2 amide bonds. The summed E-state index contributed by atoms with van der Waals surface area (Å²) in [5.41, 5.74) is 2.52. The van der Waals surface area contributed by atoms with E-state index in [9.17, 15) is 14.7 Å². The molecule has 2 atom stereocenters. The molecule has 0 aliphatic carbocycles. The van der Waals surface area contributed by atoms with Crippen LogP contribution in [0.5, 0.6) is 17.2 Å².